The van der Waals surface area contributed by atoms with Crippen LogP contribution >= 0.6 is 11.6 Å². The Morgan fingerprint density at radius 3 is 2.77 bits per heavy atom. The molecule has 9 heteroatoms. The molecule has 2 amide bonds. The maximum Gasteiger partial charge on any atom is 0.413 e. The van der Waals surface area contributed by atoms with Crippen LogP contribution in [-0.4, -0.2) is 34.2 Å². The Kier molecular flexibility index (Phi) is 5.24. The van der Waals surface area contributed by atoms with Gasteiger partial charge in [0.15, 0.2) is 5.72 Å². The van der Waals surface area contributed by atoms with Crippen LogP contribution in [0.2, 0.25) is 5.02 Å². The highest BCUT2D eigenvalue weighted by atomic mass is 35.5. The Labute approximate surface area is 205 Å². The first-order valence-corrected chi connectivity index (χ1v) is 10.9. The van der Waals surface area contributed by atoms with Gasteiger partial charge in [-0.2, -0.15) is 0 Å². The van der Waals surface area contributed by atoms with Crippen LogP contribution in [0.15, 0.2) is 54.6 Å². The van der Waals surface area contributed by atoms with E-state index in [9.17, 15) is 14.7 Å². The minimum Gasteiger partial charge on any atom is -0.453 e. The molecule has 3 aromatic carbocycles. The predicted octanol–water partition coefficient (Wildman–Crippen LogP) is 4.54. The van der Waals surface area contributed by atoms with Crippen molar-refractivity contribution in [1.29, 1.82) is 0 Å². The number of carbonyl (C=O) groups is 2. The molecule has 8 nitrogen and oxygen atoms in total. The number of hydrogen-bond donors (Lipinski definition) is 3. The molecule has 1 aliphatic heterocycles. The second-order valence-corrected chi connectivity index (χ2v) is 8.47. The standard InChI is InChI=1S/C26H19ClN4O4/c1-4-15-11-17(27)13-22(14(15)2)31-23(32)18-7-5-6-8-19(18)26(31,34)16-9-10-20-21(12-16)29-24(28-20)30-25(33)35-3/h1,5-13,34H,2-3H3,(H2,28,29,30,33). The van der Waals surface area contributed by atoms with Crippen molar-refractivity contribution in [2.45, 2.75) is 12.6 Å². The number of aromatic nitrogens is 2. The summed E-state index contributed by atoms with van der Waals surface area (Å²) < 4.78 is 4.61. The van der Waals surface area contributed by atoms with E-state index in [1.165, 1.54) is 12.0 Å². The second kappa shape index (κ2) is 8.17. The second-order valence-electron chi connectivity index (χ2n) is 8.03. The molecule has 1 aliphatic rings. The molecule has 0 aliphatic carbocycles. The summed E-state index contributed by atoms with van der Waals surface area (Å²) in [6.07, 6.45) is 4.99. The highest BCUT2D eigenvalue weighted by Gasteiger charge is 2.51. The predicted molar refractivity (Wildman–Crippen MR) is 132 cm³/mol. The van der Waals surface area contributed by atoms with Crippen molar-refractivity contribution >= 4 is 46.3 Å². The van der Waals surface area contributed by atoms with Crippen molar-refractivity contribution in [3.63, 3.8) is 0 Å². The highest BCUT2D eigenvalue weighted by Crippen LogP contribution is 2.47. The molecule has 2 heterocycles. The third kappa shape index (κ3) is 3.41. The topological polar surface area (TPSA) is 108 Å². The van der Waals surface area contributed by atoms with Gasteiger partial charge in [-0.15, -0.1) is 6.42 Å². The molecule has 3 N–H and O–H groups in total. The Balaban J connectivity index is 1.73. The monoisotopic (exact) mass is 486 g/mol. The van der Waals surface area contributed by atoms with E-state index in [1.54, 1.807) is 61.5 Å². The molecular formula is C26H19ClN4O4. The molecule has 0 saturated heterocycles. The van der Waals surface area contributed by atoms with Crippen LogP contribution in [-0.2, 0) is 10.5 Å². The Morgan fingerprint density at radius 2 is 2.03 bits per heavy atom. The molecule has 4 aromatic rings. The fourth-order valence-corrected chi connectivity index (χ4v) is 4.62. The lowest BCUT2D eigenvalue weighted by molar-refractivity contribution is 0.0703. The lowest BCUT2D eigenvalue weighted by Gasteiger charge is -2.36. The molecule has 1 aromatic heterocycles. The van der Waals surface area contributed by atoms with Gasteiger partial charge in [0.1, 0.15) is 0 Å². The van der Waals surface area contributed by atoms with Crippen LogP contribution in [0.1, 0.15) is 32.6 Å². The van der Waals surface area contributed by atoms with Gasteiger partial charge in [0.2, 0.25) is 5.95 Å². The number of terminal acetylenes is 1. The number of aromatic amines is 1. The number of carbonyl (C=O) groups excluding carboxylic acids is 2. The molecule has 0 spiro atoms. The number of anilines is 2. The minimum absolute atomic E-state index is 0.181. The molecule has 0 bridgehead atoms. The summed E-state index contributed by atoms with van der Waals surface area (Å²) in [5, 5.41) is 15.1. The number of amides is 2. The zero-order chi connectivity index (χ0) is 24.9. The number of benzene rings is 3. The molecule has 0 saturated carbocycles. The average Bonchev–Trinajstić information content (AvgIpc) is 3.36. The number of rotatable bonds is 3. The van der Waals surface area contributed by atoms with Crippen molar-refractivity contribution < 1.29 is 19.4 Å². The smallest absolute Gasteiger partial charge is 0.413 e. The molecule has 1 atom stereocenters. The van der Waals surface area contributed by atoms with Crippen molar-refractivity contribution in [2.75, 3.05) is 17.3 Å². The number of aliphatic hydroxyl groups is 1. The Bertz CT molecular complexity index is 1570. The van der Waals surface area contributed by atoms with Gasteiger partial charge in [-0.1, -0.05) is 41.8 Å². The average molecular weight is 487 g/mol. The highest BCUT2D eigenvalue weighted by molar-refractivity contribution is 6.31. The number of methoxy groups -OCH3 is 1. The third-order valence-corrected chi connectivity index (χ3v) is 6.31. The summed E-state index contributed by atoms with van der Waals surface area (Å²) in [5.74, 6) is 2.37. The van der Waals surface area contributed by atoms with Gasteiger partial charge < -0.3 is 14.8 Å². The van der Waals surface area contributed by atoms with Crippen molar-refractivity contribution in [2.24, 2.45) is 0 Å². The van der Waals surface area contributed by atoms with E-state index >= 15 is 0 Å². The zero-order valence-electron chi connectivity index (χ0n) is 18.7. The summed E-state index contributed by atoms with van der Waals surface area (Å²) in [6, 6.07) is 15.1. The first-order chi connectivity index (χ1) is 16.8. The molecule has 35 heavy (non-hydrogen) atoms. The number of imidazole rings is 1. The zero-order valence-corrected chi connectivity index (χ0v) is 19.5. The maximum absolute atomic E-state index is 13.7. The fraction of sp³-hybridized carbons (Fsp3) is 0.115. The molecule has 5 rings (SSSR count). The normalized spacial score (nSPS) is 16.8. The summed E-state index contributed by atoms with van der Waals surface area (Å²) in [6.45, 7) is 1.78. The van der Waals surface area contributed by atoms with Crippen LogP contribution in [0.5, 0.6) is 0 Å². The molecule has 0 radical (unpaired) electrons. The number of fused-ring (bicyclic) bond motifs is 2. The minimum atomic E-state index is -1.87. The van der Waals surface area contributed by atoms with Crippen molar-refractivity contribution in [1.82, 2.24) is 9.97 Å². The number of hydrogen-bond acceptors (Lipinski definition) is 5. The van der Waals surface area contributed by atoms with E-state index in [4.69, 9.17) is 18.0 Å². The molecule has 1 unspecified atom stereocenters. The lowest BCUT2D eigenvalue weighted by Crippen LogP contribution is -2.45. The van der Waals surface area contributed by atoms with E-state index in [1.807, 2.05) is 0 Å². The van der Waals surface area contributed by atoms with Crippen LogP contribution in [0.3, 0.4) is 0 Å². The Hall–Kier alpha value is -4.32. The number of nitrogens with zero attached hydrogens (tertiary/aromatic N) is 2. The third-order valence-electron chi connectivity index (χ3n) is 6.09. The number of halogens is 1. The summed E-state index contributed by atoms with van der Waals surface area (Å²) in [5.41, 5.74) is 1.92. The molecular weight excluding hydrogens is 468 g/mol. The first-order valence-electron chi connectivity index (χ1n) is 10.6. The summed E-state index contributed by atoms with van der Waals surface area (Å²) in [4.78, 5) is 33.8. The molecule has 174 valence electrons. The largest absolute Gasteiger partial charge is 0.453 e. The number of H-pyrrole nitrogens is 1. The van der Waals surface area contributed by atoms with Gasteiger partial charge in [-0.25, -0.2) is 9.78 Å². The Morgan fingerprint density at radius 1 is 1.26 bits per heavy atom. The van der Waals surface area contributed by atoms with Crippen LogP contribution in [0, 0.1) is 19.3 Å². The van der Waals surface area contributed by atoms with Crippen molar-refractivity contribution in [3.05, 3.63) is 87.4 Å². The van der Waals surface area contributed by atoms with Crippen LogP contribution < -0.4 is 10.2 Å². The first kappa shape index (κ1) is 22.5. The van der Waals surface area contributed by atoms with Gasteiger partial charge in [-0.05, 0) is 42.8 Å². The van der Waals surface area contributed by atoms with Crippen molar-refractivity contribution in [3.8, 4) is 12.3 Å². The number of ether oxygens (including phenoxy) is 1. The van der Waals surface area contributed by atoms with Gasteiger partial charge >= 0.3 is 6.09 Å². The number of nitrogens with one attached hydrogen (secondary N) is 2. The van der Waals surface area contributed by atoms with Gasteiger partial charge in [0.25, 0.3) is 5.91 Å². The van der Waals surface area contributed by atoms with E-state index in [0.717, 1.165) is 0 Å². The van der Waals surface area contributed by atoms with Gasteiger partial charge in [-0.3, -0.25) is 15.0 Å². The van der Waals surface area contributed by atoms with E-state index in [2.05, 4.69) is 25.9 Å². The molecule has 0 fully saturated rings. The van der Waals surface area contributed by atoms with E-state index < -0.39 is 17.7 Å². The van der Waals surface area contributed by atoms with Gasteiger partial charge in [0, 0.05) is 27.3 Å². The van der Waals surface area contributed by atoms with E-state index in [0.29, 0.717) is 49.6 Å². The lowest BCUT2D eigenvalue weighted by atomic mass is 9.92. The van der Waals surface area contributed by atoms with Gasteiger partial charge in [0.05, 0.1) is 23.8 Å². The summed E-state index contributed by atoms with van der Waals surface area (Å²) in [7, 11) is 1.25. The maximum atomic E-state index is 13.7. The van der Waals surface area contributed by atoms with Crippen LogP contribution in [0.4, 0.5) is 16.4 Å². The van der Waals surface area contributed by atoms with E-state index in [-0.39, 0.29) is 5.95 Å². The summed E-state index contributed by atoms with van der Waals surface area (Å²) >= 11 is 6.34. The fourth-order valence-electron chi connectivity index (χ4n) is 4.41. The quantitative estimate of drug-likeness (QED) is 0.368. The SMILES string of the molecule is C#Cc1cc(Cl)cc(N2C(=O)c3ccccc3C2(O)c2ccc3nc(NC(=O)OC)[nH]c3c2)c1C. The van der Waals surface area contributed by atoms with Crippen LogP contribution in [0.25, 0.3) is 11.0 Å².